The number of aliphatic hydroxyl groups is 1. The highest BCUT2D eigenvalue weighted by Gasteiger charge is 2.38. The third-order valence-corrected chi connectivity index (χ3v) is 1.99. The lowest BCUT2D eigenvalue weighted by Gasteiger charge is -2.14. The number of fused-ring (bicyclic) bond motifs is 1. The molecule has 1 atom stereocenters. The second-order valence-corrected chi connectivity index (χ2v) is 3.07. The van der Waals surface area contributed by atoms with E-state index in [0.717, 1.165) is 0 Å². The molecule has 0 radical (unpaired) electrons. The molecule has 2 N–H and O–H groups in total. The zero-order valence-corrected chi connectivity index (χ0v) is 6.66. The minimum atomic E-state index is -1.43. The Balaban J connectivity index is 2.57. The van der Waals surface area contributed by atoms with Crippen molar-refractivity contribution in [2.75, 3.05) is 5.32 Å². The molecule has 0 spiro atoms. The Bertz CT molecular complexity index is 344. The molecule has 2 rings (SSSR count). The van der Waals surface area contributed by atoms with Crippen molar-refractivity contribution in [3.63, 3.8) is 0 Å². The van der Waals surface area contributed by atoms with Gasteiger partial charge in [-0.05, 0) is 19.1 Å². The molecule has 1 aromatic rings. The number of anilines is 1. The van der Waals surface area contributed by atoms with Crippen LogP contribution in [0.1, 0.15) is 17.3 Å². The van der Waals surface area contributed by atoms with Gasteiger partial charge in [0.2, 0.25) is 5.78 Å². The number of carbonyl (C=O) groups is 1. The SMILES string of the molecule is CC1(O)Nc2ccccc2C1=O. The highest BCUT2D eigenvalue weighted by atomic mass is 16.3. The van der Waals surface area contributed by atoms with Gasteiger partial charge in [-0.3, -0.25) is 4.79 Å². The Morgan fingerprint density at radius 1 is 1.42 bits per heavy atom. The van der Waals surface area contributed by atoms with E-state index in [-0.39, 0.29) is 5.78 Å². The van der Waals surface area contributed by atoms with Crippen LogP contribution in [0, 0.1) is 0 Å². The average Bonchev–Trinajstić information content (AvgIpc) is 2.24. The number of carbonyl (C=O) groups excluding carboxylic acids is 1. The van der Waals surface area contributed by atoms with E-state index in [1.165, 1.54) is 6.92 Å². The molecular weight excluding hydrogens is 154 g/mol. The molecular formula is C9H9NO2. The Kier molecular flexibility index (Phi) is 1.26. The van der Waals surface area contributed by atoms with E-state index >= 15 is 0 Å². The summed E-state index contributed by atoms with van der Waals surface area (Å²) in [4.78, 5) is 11.4. The largest absolute Gasteiger partial charge is 0.365 e. The van der Waals surface area contributed by atoms with Crippen LogP contribution in [0.2, 0.25) is 0 Å². The molecule has 12 heavy (non-hydrogen) atoms. The van der Waals surface area contributed by atoms with Gasteiger partial charge in [-0.25, -0.2) is 0 Å². The van der Waals surface area contributed by atoms with Crippen molar-refractivity contribution in [3.8, 4) is 0 Å². The number of Topliss-reactive ketones (excluding diaryl/α,β-unsaturated/α-hetero) is 1. The second kappa shape index (κ2) is 2.08. The van der Waals surface area contributed by atoms with Crippen LogP contribution in [0.15, 0.2) is 24.3 Å². The maximum atomic E-state index is 11.4. The molecule has 3 nitrogen and oxygen atoms in total. The van der Waals surface area contributed by atoms with Crippen molar-refractivity contribution >= 4 is 11.5 Å². The molecule has 62 valence electrons. The Hall–Kier alpha value is -1.35. The minimum absolute atomic E-state index is 0.266. The van der Waals surface area contributed by atoms with Gasteiger partial charge in [0.05, 0.1) is 0 Å². The van der Waals surface area contributed by atoms with Crippen LogP contribution in [0.4, 0.5) is 5.69 Å². The quantitative estimate of drug-likeness (QED) is 0.600. The molecule has 1 heterocycles. The van der Waals surface area contributed by atoms with E-state index in [2.05, 4.69) is 5.32 Å². The lowest BCUT2D eigenvalue weighted by atomic mass is 10.1. The summed E-state index contributed by atoms with van der Waals surface area (Å²) in [5, 5.41) is 12.3. The van der Waals surface area contributed by atoms with Crippen LogP contribution in [0.3, 0.4) is 0 Å². The average molecular weight is 163 g/mol. The molecule has 1 aromatic carbocycles. The van der Waals surface area contributed by atoms with Crippen LogP contribution in [-0.4, -0.2) is 16.6 Å². The summed E-state index contributed by atoms with van der Waals surface area (Å²) < 4.78 is 0. The van der Waals surface area contributed by atoms with E-state index in [0.29, 0.717) is 11.3 Å². The number of hydrogen-bond donors (Lipinski definition) is 2. The maximum Gasteiger partial charge on any atom is 0.216 e. The number of nitrogens with one attached hydrogen (secondary N) is 1. The van der Waals surface area contributed by atoms with Gasteiger partial charge in [0.1, 0.15) is 0 Å². The molecule has 0 fully saturated rings. The van der Waals surface area contributed by atoms with Gasteiger partial charge in [-0.2, -0.15) is 0 Å². The van der Waals surface area contributed by atoms with Crippen molar-refractivity contribution in [2.45, 2.75) is 12.6 Å². The van der Waals surface area contributed by atoms with Crippen LogP contribution < -0.4 is 5.32 Å². The summed E-state index contributed by atoms with van der Waals surface area (Å²) in [7, 11) is 0. The van der Waals surface area contributed by atoms with Crippen LogP contribution in [-0.2, 0) is 0 Å². The number of ketones is 1. The summed E-state index contributed by atoms with van der Waals surface area (Å²) in [6, 6.07) is 7.07. The Morgan fingerprint density at radius 3 is 2.75 bits per heavy atom. The molecule has 0 aromatic heterocycles. The first-order valence-electron chi connectivity index (χ1n) is 3.76. The first kappa shape index (κ1) is 7.31. The zero-order valence-electron chi connectivity index (χ0n) is 6.66. The smallest absolute Gasteiger partial charge is 0.216 e. The molecule has 0 bridgehead atoms. The van der Waals surface area contributed by atoms with E-state index in [1.54, 1.807) is 18.2 Å². The fourth-order valence-electron chi connectivity index (χ4n) is 1.37. The lowest BCUT2D eigenvalue weighted by Crippen LogP contribution is -2.37. The molecule has 0 saturated heterocycles. The van der Waals surface area contributed by atoms with Gasteiger partial charge in [0.15, 0.2) is 5.72 Å². The number of para-hydroxylation sites is 1. The third kappa shape index (κ3) is 0.833. The monoisotopic (exact) mass is 163 g/mol. The van der Waals surface area contributed by atoms with Gasteiger partial charge in [0.25, 0.3) is 0 Å². The highest BCUT2D eigenvalue weighted by Crippen LogP contribution is 2.29. The van der Waals surface area contributed by atoms with Gasteiger partial charge in [0, 0.05) is 11.3 Å². The molecule has 0 aliphatic carbocycles. The first-order chi connectivity index (χ1) is 5.61. The Morgan fingerprint density at radius 2 is 2.08 bits per heavy atom. The molecule has 3 heteroatoms. The van der Waals surface area contributed by atoms with Crippen LogP contribution in [0.5, 0.6) is 0 Å². The van der Waals surface area contributed by atoms with Crippen LogP contribution >= 0.6 is 0 Å². The molecule has 1 aliphatic rings. The van der Waals surface area contributed by atoms with E-state index in [1.807, 2.05) is 6.07 Å². The summed E-state index contributed by atoms with van der Waals surface area (Å²) in [6.45, 7) is 1.45. The molecule has 1 unspecified atom stereocenters. The van der Waals surface area contributed by atoms with E-state index in [4.69, 9.17) is 0 Å². The zero-order chi connectivity index (χ0) is 8.77. The molecule has 1 aliphatic heterocycles. The lowest BCUT2D eigenvalue weighted by molar-refractivity contribution is 0.0557. The van der Waals surface area contributed by atoms with Crippen molar-refractivity contribution in [1.82, 2.24) is 0 Å². The van der Waals surface area contributed by atoms with Crippen molar-refractivity contribution in [2.24, 2.45) is 0 Å². The number of benzene rings is 1. The predicted octanol–water partition coefficient (Wildman–Crippen LogP) is 1.00. The van der Waals surface area contributed by atoms with Crippen LogP contribution in [0.25, 0.3) is 0 Å². The summed E-state index contributed by atoms with van der Waals surface area (Å²) in [5.74, 6) is -0.266. The third-order valence-electron chi connectivity index (χ3n) is 1.99. The Labute approximate surface area is 70.0 Å². The number of hydrogen-bond acceptors (Lipinski definition) is 3. The van der Waals surface area contributed by atoms with Crippen molar-refractivity contribution < 1.29 is 9.90 Å². The standard InChI is InChI=1S/C9H9NO2/c1-9(12)8(11)6-4-2-3-5-7(6)10-9/h2-5,10,12H,1H3. The van der Waals surface area contributed by atoms with E-state index in [9.17, 15) is 9.90 Å². The van der Waals surface area contributed by atoms with E-state index < -0.39 is 5.72 Å². The van der Waals surface area contributed by atoms with Gasteiger partial charge >= 0.3 is 0 Å². The predicted molar refractivity (Wildman–Crippen MR) is 45.0 cm³/mol. The topological polar surface area (TPSA) is 49.3 Å². The molecule has 0 saturated carbocycles. The first-order valence-corrected chi connectivity index (χ1v) is 3.76. The fraction of sp³-hybridized carbons (Fsp3) is 0.222. The number of rotatable bonds is 0. The normalized spacial score (nSPS) is 26.7. The van der Waals surface area contributed by atoms with Crippen molar-refractivity contribution in [3.05, 3.63) is 29.8 Å². The van der Waals surface area contributed by atoms with Gasteiger partial charge < -0.3 is 10.4 Å². The highest BCUT2D eigenvalue weighted by molar-refractivity contribution is 6.11. The summed E-state index contributed by atoms with van der Waals surface area (Å²) in [6.07, 6.45) is 0. The van der Waals surface area contributed by atoms with Crippen molar-refractivity contribution in [1.29, 1.82) is 0 Å². The maximum absolute atomic E-state index is 11.4. The fourth-order valence-corrected chi connectivity index (χ4v) is 1.37. The minimum Gasteiger partial charge on any atom is -0.365 e. The molecule has 0 amide bonds. The summed E-state index contributed by atoms with van der Waals surface area (Å²) >= 11 is 0. The van der Waals surface area contributed by atoms with Gasteiger partial charge in [-0.1, -0.05) is 12.1 Å². The van der Waals surface area contributed by atoms with Gasteiger partial charge in [-0.15, -0.1) is 0 Å². The second-order valence-electron chi connectivity index (χ2n) is 3.07. The summed E-state index contributed by atoms with van der Waals surface area (Å²) in [5.41, 5.74) is -0.168.